The molecular formula is C40H25N3. The molecule has 0 aliphatic carbocycles. The molecule has 9 aromatic rings. The average Bonchev–Trinajstić information content (AvgIpc) is 3.44. The minimum Gasteiger partial charge on any atom is -0.293 e. The topological polar surface area (TPSA) is 30.7 Å². The van der Waals surface area contributed by atoms with E-state index in [2.05, 4.69) is 77.4 Å². The third-order valence-electron chi connectivity index (χ3n) is 8.24. The van der Waals surface area contributed by atoms with Gasteiger partial charge in [-0.05, 0) is 69.1 Å². The second-order valence-electron chi connectivity index (χ2n) is 10.7. The Bertz CT molecular complexity index is 2780. The van der Waals surface area contributed by atoms with Crippen LogP contribution in [0.5, 0.6) is 0 Å². The molecule has 3 heteroatoms. The molecule has 2 aromatic heterocycles. The molecule has 43 heavy (non-hydrogen) atoms. The van der Waals surface area contributed by atoms with Crippen LogP contribution in [0.15, 0.2) is 152 Å². The van der Waals surface area contributed by atoms with Gasteiger partial charge in [-0.1, -0.05) is 115 Å². The molecule has 0 bridgehead atoms. The molecule has 2 heterocycles. The summed E-state index contributed by atoms with van der Waals surface area (Å²) in [5, 5.41) is 7.36. The van der Waals surface area contributed by atoms with Crippen molar-refractivity contribution in [2.45, 2.75) is 0 Å². The van der Waals surface area contributed by atoms with Gasteiger partial charge in [0, 0.05) is 21.7 Å². The highest BCUT2D eigenvalue weighted by Crippen LogP contribution is 2.37. The number of benzene rings is 7. The van der Waals surface area contributed by atoms with Crippen LogP contribution in [0.3, 0.4) is 0 Å². The minimum atomic E-state index is -0.456. The van der Waals surface area contributed by atoms with Gasteiger partial charge in [0.25, 0.3) is 0 Å². The number of hydrogen-bond acceptors (Lipinski definition) is 2. The summed E-state index contributed by atoms with van der Waals surface area (Å²) < 4.78 is 44.6. The average molecular weight is 553 g/mol. The van der Waals surface area contributed by atoms with Gasteiger partial charge in [-0.15, -0.1) is 0 Å². The Hall–Kier alpha value is -5.80. The Morgan fingerprint density at radius 2 is 1.14 bits per heavy atom. The van der Waals surface area contributed by atoms with Crippen molar-refractivity contribution in [2.75, 3.05) is 0 Å². The Kier molecular flexibility index (Phi) is 4.21. The summed E-state index contributed by atoms with van der Waals surface area (Å²) in [7, 11) is 0. The second-order valence-corrected chi connectivity index (χ2v) is 10.7. The maximum atomic E-state index is 8.77. The SMILES string of the molecule is [2H]c1c([2H])c([2H])c(-c2nc(-n3c4ccccc4c4cc5ccccc5cc43)c3ccc(-c4ccc5ccccc5c4)cc3n2)c([2H])c1[2H]. The van der Waals surface area contributed by atoms with E-state index in [9.17, 15) is 0 Å². The predicted molar refractivity (Wildman–Crippen MR) is 180 cm³/mol. The molecule has 0 aliphatic heterocycles. The number of fused-ring (bicyclic) bond motifs is 6. The number of hydrogen-bond donors (Lipinski definition) is 0. The first kappa shape index (κ1) is 19.3. The molecule has 0 saturated carbocycles. The standard InChI is InChI=1S/C40H25N3/c1-2-11-27(12-3-1)39-41-36-24-32(31-19-18-26-10-4-5-13-28(26)22-31)20-21-34(36)40(42-39)43-37-17-9-8-16-33(37)35-23-29-14-6-7-15-30(29)25-38(35)43/h1-25H/i1D,2D,3D,11D,12D. The largest absolute Gasteiger partial charge is 0.293 e. The van der Waals surface area contributed by atoms with E-state index in [-0.39, 0.29) is 23.5 Å². The van der Waals surface area contributed by atoms with E-state index >= 15 is 0 Å². The summed E-state index contributed by atoms with van der Waals surface area (Å²) in [4.78, 5) is 9.97. The molecule has 0 fully saturated rings. The lowest BCUT2D eigenvalue weighted by Gasteiger charge is -2.14. The molecule has 3 nitrogen and oxygen atoms in total. The highest BCUT2D eigenvalue weighted by molar-refractivity contribution is 6.14. The second kappa shape index (κ2) is 9.37. The lowest BCUT2D eigenvalue weighted by Crippen LogP contribution is -2.03. The van der Waals surface area contributed by atoms with Gasteiger partial charge in [0.05, 0.1) is 23.4 Å². The molecule has 0 radical (unpaired) electrons. The van der Waals surface area contributed by atoms with Crippen molar-refractivity contribution in [3.8, 4) is 28.3 Å². The third-order valence-corrected chi connectivity index (χ3v) is 8.24. The minimum absolute atomic E-state index is 0.0357. The van der Waals surface area contributed by atoms with E-state index in [1.807, 2.05) is 48.5 Å². The highest BCUT2D eigenvalue weighted by atomic mass is 15.1. The molecule has 0 N–H and O–H groups in total. The van der Waals surface area contributed by atoms with Crippen molar-refractivity contribution in [1.29, 1.82) is 0 Å². The van der Waals surface area contributed by atoms with Crippen molar-refractivity contribution >= 4 is 54.3 Å². The maximum absolute atomic E-state index is 8.77. The van der Waals surface area contributed by atoms with E-state index in [4.69, 9.17) is 16.8 Å². The van der Waals surface area contributed by atoms with Crippen molar-refractivity contribution in [3.63, 3.8) is 0 Å². The Labute approximate surface area is 255 Å². The molecule has 0 aliphatic rings. The van der Waals surface area contributed by atoms with E-state index in [1.165, 1.54) is 0 Å². The zero-order chi connectivity index (χ0) is 32.7. The highest BCUT2D eigenvalue weighted by Gasteiger charge is 2.18. The van der Waals surface area contributed by atoms with Crippen LogP contribution in [0.1, 0.15) is 6.85 Å². The summed E-state index contributed by atoms with van der Waals surface area (Å²) in [6.45, 7) is 0. The first-order valence-corrected chi connectivity index (χ1v) is 14.2. The molecule has 0 unspecified atom stereocenters. The van der Waals surface area contributed by atoms with Crippen LogP contribution >= 0.6 is 0 Å². The van der Waals surface area contributed by atoms with Crippen LogP contribution in [0.25, 0.3) is 82.6 Å². The van der Waals surface area contributed by atoms with Crippen LogP contribution < -0.4 is 0 Å². The van der Waals surface area contributed by atoms with Gasteiger partial charge >= 0.3 is 0 Å². The van der Waals surface area contributed by atoms with Crippen LogP contribution in [0.4, 0.5) is 0 Å². The van der Waals surface area contributed by atoms with E-state index in [0.29, 0.717) is 11.3 Å². The maximum Gasteiger partial charge on any atom is 0.162 e. The van der Waals surface area contributed by atoms with Gasteiger partial charge in [-0.3, -0.25) is 4.57 Å². The molecule has 0 spiro atoms. The number of para-hydroxylation sites is 1. The molecular weight excluding hydrogens is 522 g/mol. The van der Waals surface area contributed by atoms with Gasteiger partial charge in [0.15, 0.2) is 5.82 Å². The van der Waals surface area contributed by atoms with E-state index < -0.39 is 18.1 Å². The van der Waals surface area contributed by atoms with Crippen LogP contribution in [0, 0.1) is 0 Å². The molecule has 0 atom stereocenters. The normalized spacial score (nSPS) is 13.3. The van der Waals surface area contributed by atoms with Crippen molar-refractivity contribution in [1.82, 2.24) is 14.5 Å². The number of nitrogens with zero attached hydrogens (tertiary/aromatic N) is 3. The Morgan fingerprint density at radius 1 is 0.465 bits per heavy atom. The molecule has 9 rings (SSSR count). The van der Waals surface area contributed by atoms with E-state index in [1.54, 1.807) is 0 Å². The lowest BCUT2D eigenvalue weighted by atomic mass is 10.00. The summed E-state index contributed by atoms with van der Waals surface area (Å²) in [5.41, 5.74) is 4.40. The third kappa shape index (κ3) is 3.83. The van der Waals surface area contributed by atoms with Crippen LogP contribution in [0.2, 0.25) is 0 Å². The van der Waals surface area contributed by atoms with Crippen molar-refractivity contribution in [3.05, 3.63) is 152 Å². The van der Waals surface area contributed by atoms with Crippen LogP contribution in [-0.4, -0.2) is 14.5 Å². The smallest absolute Gasteiger partial charge is 0.162 e. The predicted octanol–water partition coefficient (Wildman–Crippen LogP) is 10.4. The van der Waals surface area contributed by atoms with Crippen LogP contribution in [-0.2, 0) is 0 Å². The zero-order valence-corrected chi connectivity index (χ0v) is 22.9. The van der Waals surface area contributed by atoms with Gasteiger partial charge < -0.3 is 0 Å². The lowest BCUT2D eigenvalue weighted by molar-refractivity contribution is 1.08. The fourth-order valence-electron chi connectivity index (χ4n) is 6.19. The monoisotopic (exact) mass is 552 g/mol. The van der Waals surface area contributed by atoms with Gasteiger partial charge in [-0.2, -0.15) is 0 Å². The number of aromatic nitrogens is 3. The number of rotatable bonds is 3. The van der Waals surface area contributed by atoms with Crippen molar-refractivity contribution < 1.29 is 6.85 Å². The molecule has 0 saturated heterocycles. The molecule has 200 valence electrons. The summed E-state index contributed by atoms with van der Waals surface area (Å²) >= 11 is 0. The fourth-order valence-corrected chi connectivity index (χ4v) is 6.19. The summed E-state index contributed by atoms with van der Waals surface area (Å²) in [6.07, 6.45) is 0. The molecule has 7 aromatic carbocycles. The quantitative estimate of drug-likeness (QED) is 0.218. The van der Waals surface area contributed by atoms with Crippen molar-refractivity contribution in [2.24, 2.45) is 0 Å². The Morgan fingerprint density at radius 3 is 1.98 bits per heavy atom. The summed E-state index contributed by atoms with van der Waals surface area (Å²) in [6, 6.07) is 39.4. The summed E-state index contributed by atoms with van der Waals surface area (Å²) in [5.74, 6) is 0.630. The first-order valence-electron chi connectivity index (χ1n) is 16.7. The molecule has 0 amide bonds. The van der Waals surface area contributed by atoms with E-state index in [0.717, 1.165) is 59.9 Å². The van der Waals surface area contributed by atoms with Gasteiger partial charge in [0.2, 0.25) is 0 Å². The van der Waals surface area contributed by atoms with Gasteiger partial charge in [-0.25, -0.2) is 9.97 Å². The fraction of sp³-hybridized carbons (Fsp3) is 0. The first-order chi connectivity index (χ1) is 23.4. The zero-order valence-electron chi connectivity index (χ0n) is 27.9. The van der Waals surface area contributed by atoms with Gasteiger partial charge in [0.1, 0.15) is 5.82 Å². The Balaban J connectivity index is 1.40.